The first-order valence-electron chi connectivity index (χ1n) is 6.63. The van der Waals surface area contributed by atoms with Crippen molar-refractivity contribution in [2.24, 2.45) is 0 Å². The monoisotopic (exact) mass is 287 g/mol. The topological polar surface area (TPSA) is 21.3 Å². The van der Waals surface area contributed by atoms with Gasteiger partial charge in [-0.3, -0.25) is 0 Å². The molecular formula is C15H23ClFNO. The van der Waals surface area contributed by atoms with Crippen LogP contribution in [0.4, 0.5) is 4.39 Å². The largest absolute Gasteiger partial charge is 0.379 e. The maximum absolute atomic E-state index is 13.1. The van der Waals surface area contributed by atoms with Crippen molar-refractivity contribution in [2.75, 3.05) is 13.7 Å². The van der Waals surface area contributed by atoms with Gasteiger partial charge in [-0.1, -0.05) is 24.6 Å². The molecule has 0 spiro atoms. The lowest BCUT2D eigenvalue weighted by Gasteiger charge is -2.27. The van der Waals surface area contributed by atoms with E-state index < -0.39 is 0 Å². The van der Waals surface area contributed by atoms with Gasteiger partial charge in [-0.15, -0.1) is 0 Å². The second-order valence-corrected chi connectivity index (χ2v) is 5.69. The lowest BCUT2D eigenvalue weighted by molar-refractivity contribution is 0.0117. The van der Waals surface area contributed by atoms with E-state index in [2.05, 4.69) is 19.2 Å². The second-order valence-electron chi connectivity index (χ2n) is 5.28. The van der Waals surface area contributed by atoms with E-state index in [9.17, 15) is 4.39 Å². The first-order chi connectivity index (χ1) is 8.89. The van der Waals surface area contributed by atoms with E-state index in [-0.39, 0.29) is 17.5 Å². The highest BCUT2D eigenvalue weighted by molar-refractivity contribution is 6.31. The number of ether oxygens (including phenoxy) is 1. The van der Waals surface area contributed by atoms with Crippen molar-refractivity contribution in [1.82, 2.24) is 5.32 Å². The highest BCUT2D eigenvalue weighted by Crippen LogP contribution is 2.29. The maximum Gasteiger partial charge on any atom is 0.124 e. The molecule has 0 radical (unpaired) electrons. The van der Waals surface area contributed by atoms with Gasteiger partial charge in [0.05, 0.1) is 5.60 Å². The predicted octanol–water partition coefficient (Wildman–Crippen LogP) is 4.33. The van der Waals surface area contributed by atoms with Gasteiger partial charge in [0, 0.05) is 18.2 Å². The van der Waals surface area contributed by atoms with E-state index in [1.165, 1.54) is 12.1 Å². The quantitative estimate of drug-likeness (QED) is 0.806. The highest BCUT2D eigenvalue weighted by atomic mass is 35.5. The van der Waals surface area contributed by atoms with Crippen LogP contribution in [0.25, 0.3) is 0 Å². The molecule has 0 bridgehead atoms. The Balaban J connectivity index is 2.82. The zero-order valence-electron chi connectivity index (χ0n) is 12.1. The number of halogens is 2. The van der Waals surface area contributed by atoms with Crippen LogP contribution in [0.1, 0.15) is 45.2 Å². The van der Waals surface area contributed by atoms with Crippen LogP contribution in [-0.4, -0.2) is 19.3 Å². The van der Waals surface area contributed by atoms with Gasteiger partial charge in [-0.05, 0) is 50.9 Å². The Kier molecular flexibility index (Phi) is 6.24. The molecule has 19 heavy (non-hydrogen) atoms. The van der Waals surface area contributed by atoms with E-state index in [4.69, 9.17) is 16.3 Å². The van der Waals surface area contributed by atoms with Crippen molar-refractivity contribution >= 4 is 11.6 Å². The summed E-state index contributed by atoms with van der Waals surface area (Å²) in [7, 11) is 1.72. The van der Waals surface area contributed by atoms with Crippen molar-refractivity contribution in [3.8, 4) is 0 Å². The molecule has 4 heteroatoms. The van der Waals surface area contributed by atoms with Gasteiger partial charge in [-0.25, -0.2) is 4.39 Å². The first kappa shape index (κ1) is 16.4. The lowest BCUT2D eigenvalue weighted by Crippen LogP contribution is -2.27. The molecule has 0 aliphatic heterocycles. The smallest absolute Gasteiger partial charge is 0.124 e. The molecule has 0 saturated heterocycles. The minimum absolute atomic E-state index is 0.118. The van der Waals surface area contributed by atoms with Crippen LogP contribution < -0.4 is 5.32 Å². The number of rotatable bonds is 7. The molecule has 108 valence electrons. The molecule has 0 heterocycles. The van der Waals surface area contributed by atoms with Crippen molar-refractivity contribution in [1.29, 1.82) is 0 Å². The van der Waals surface area contributed by atoms with Crippen LogP contribution in [0, 0.1) is 5.82 Å². The SMILES string of the molecule is CCNC(CCC(C)(C)OC)c1ccc(F)cc1Cl. The molecular weight excluding hydrogens is 265 g/mol. The molecule has 0 aromatic heterocycles. The van der Waals surface area contributed by atoms with Crippen molar-refractivity contribution < 1.29 is 9.13 Å². The van der Waals surface area contributed by atoms with E-state index in [0.717, 1.165) is 24.9 Å². The fourth-order valence-electron chi connectivity index (χ4n) is 1.99. The highest BCUT2D eigenvalue weighted by Gasteiger charge is 2.21. The molecule has 0 fully saturated rings. The third-order valence-corrected chi connectivity index (χ3v) is 3.70. The third-order valence-electron chi connectivity index (χ3n) is 3.38. The molecule has 0 aliphatic rings. The van der Waals surface area contributed by atoms with Gasteiger partial charge in [0.15, 0.2) is 0 Å². The summed E-state index contributed by atoms with van der Waals surface area (Å²) < 4.78 is 18.5. The van der Waals surface area contributed by atoms with Crippen molar-refractivity contribution in [2.45, 2.75) is 45.3 Å². The normalized spacial score (nSPS) is 13.6. The second kappa shape index (κ2) is 7.22. The average molecular weight is 288 g/mol. The molecule has 2 nitrogen and oxygen atoms in total. The summed E-state index contributed by atoms with van der Waals surface area (Å²) in [6, 6.07) is 4.69. The summed E-state index contributed by atoms with van der Waals surface area (Å²) in [5, 5.41) is 3.87. The fourth-order valence-corrected chi connectivity index (χ4v) is 2.29. The summed E-state index contributed by atoms with van der Waals surface area (Å²) in [4.78, 5) is 0. The Morgan fingerprint density at radius 2 is 2.11 bits per heavy atom. The molecule has 1 unspecified atom stereocenters. The zero-order chi connectivity index (χ0) is 14.5. The van der Waals surface area contributed by atoms with Gasteiger partial charge in [0.1, 0.15) is 5.82 Å². The summed E-state index contributed by atoms with van der Waals surface area (Å²) in [5.41, 5.74) is 0.775. The number of methoxy groups -OCH3 is 1. The number of benzene rings is 1. The first-order valence-corrected chi connectivity index (χ1v) is 7.01. The van der Waals surface area contributed by atoms with Crippen LogP contribution >= 0.6 is 11.6 Å². The molecule has 1 aromatic carbocycles. The third kappa shape index (κ3) is 5.09. The van der Waals surface area contributed by atoms with E-state index in [1.54, 1.807) is 13.2 Å². The Labute approximate surface area is 120 Å². The predicted molar refractivity (Wildman–Crippen MR) is 78.1 cm³/mol. The maximum atomic E-state index is 13.1. The number of hydrogen-bond donors (Lipinski definition) is 1. The van der Waals surface area contributed by atoms with Crippen LogP contribution in [0.3, 0.4) is 0 Å². The molecule has 0 aliphatic carbocycles. The number of nitrogens with one attached hydrogen (secondary N) is 1. The summed E-state index contributed by atoms with van der Waals surface area (Å²) in [5.74, 6) is -0.304. The van der Waals surface area contributed by atoms with Gasteiger partial charge in [0.25, 0.3) is 0 Å². The Morgan fingerprint density at radius 3 is 2.63 bits per heavy atom. The fraction of sp³-hybridized carbons (Fsp3) is 0.600. The molecule has 0 saturated carbocycles. The Hall–Kier alpha value is -0.640. The summed E-state index contributed by atoms with van der Waals surface area (Å²) in [6.07, 6.45) is 1.79. The molecule has 1 rings (SSSR count). The zero-order valence-corrected chi connectivity index (χ0v) is 12.9. The average Bonchev–Trinajstić information content (AvgIpc) is 2.35. The Morgan fingerprint density at radius 1 is 1.42 bits per heavy atom. The van der Waals surface area contributed by atoms with Gasteiger partial charge in [0.2, 0.25) is 0 Å². The molecule has 1 atom stereocenters. The van der Waals surface area contributed by atoms with Gasteiger partial charge < -0.3 is 10.1 Å². The number of hydrogen-bond acceptors (Lipinski definition) is 2. The lowest BCUT2D eigenvalue weighted by atomic mass is 9.94. The van der Waals surface area contributed by atoms with Gasteiger partial charge >= 0.3 is 0 Å². The molecule has 0 amide bonds. The van der Waals surface area contributed by atoms with Gasteiger partial charge in [-0.2, -0.15) is 0 Å². The van der Waals surface area contributed by atoms with Crippen LogP contribution in [-0.2, 0) is 4.74 Å². The molecule has 1 aromatic rings. The molecule has 1 N–H and O–H groups in total. The van der Waals surface area contributed by atoms with E-state index in [1.807, 2.05) is 6.92 Å². The standard InChI is InChI=1S/C15H23ClFNO/c1-5-18-14(8-9-15(2,3)19-4)12-7-6-11(17)10-13(12)16/h6-7,10,14,18H,5,8-9H2,1-4H3. The van der Waals surface area contributed by atoms with Crippen molar-refractivity contribution in [3.05, 3.63) is 34.6 Å². The van der Waals surface area contributed by atoms with E-state index in [0.29, 0.717) is 5.02 Å². The van der Waals surface area contributed by atoms with Crippen LogP contribution in [0.2, 0.25) is 5.02 Å². The minimum atomic E-state index is -0.304. The van der Waals surface area contributed by atoms with Crippen LogP contribution in [0.15, 0.2) is 18.2 Å². The summed E-state index contributed by atoms with van der Waals surface area (Å²) >= 11 is 6.13. The van der Waals surface area contributed by atoms with Crippen molar-refractivity contribution in [3.63, 3.8) is 0 Å². The van der Waals surface area contributed by atoms with E-state index >= 15 is 0 Å². The summed E-state index contributed by atoms with van der Waals surface area (Å²) in [6.45, 7) is 7.00. The Bertz CT molecular complexity index is 409. The minimum Gasteiger partial charge on any atom is -0.379 e. The van der Waals surface area contributed by atoms with Crippen LogP contribution in [0.5, 0.6) is 0 Å².